The van der Waals surface area contributed by atoms with E-state index in [0.717, 1.165) is 5.69 Å². The summed E-state index contributed by atoms with van der Waals surface area (Å²) in [6.45, 7) is 0.379. The van der Waals surface area contributed by atoms with Crippen molar-refractivity contribution in [2.75, 3.05) is 12.8 Å². The zero-order valence-corrected chi connectivity index (χ0v) is 11.7. The first-order valence-corrected chi connectivity index (χ1v) is 6.99. The molecule has 1 fully saturated rings. The van der Waals surface area contributed by atoms with Crippen LogP contribution in [0.5, 0.6) is 0 Å². The highest BCUT2D eigenvalue weighted by atomic mass is 16.5. The van der Waals surface area contributed by atoms with Crippen LogP contribution in [0.25, 0.3) is 11.3 Å². The van der Waals surface area contributed by atoms with E-state index in [1.807, 2.05) is 12.1 Å². The van der Waals surface area contributed by atoms with Gasteiger partial charge in [0.1, 0.15) is 12.4 Å². The van der Waals surface area contributed by atoms with E-state index in [9.17, 15) is 0 Å². The summed E-state index contributed by atoms with van der Waals surface area (Å²) in [4.78, 5) is 8.78. The van der Waals surface area contributed by atoms with E-state index < -0.39 is 0 Å². The predicted molar refractivity (Wildman–Crippen MR) is 79.2 cm³/mol. The molecular weight excluding hydrogens is 250 g/mol. The van der Waals surface area contributed by atoms with Crippen molar-refractivity contribution < 1.29 is 4.74 Å². The molecule has 4 heteroatoms. The molecule has 0 radical (unpaired) electrons. The van der Waals surface area contributed by atoms with Gasteiger partial charge in [-0.25, -0.2) is 9.97 Å². The van der Waals surface area contributed by atoms with Gasteiger partial charge in [0.15, 0.2) is 5.82 Å². The molecule has 1 saturated carbocycles. The molecule has 1 aromatic carbocycles. The highest BCUT2D eigenvalue weighted by Gasteiger charge is 2.22. The molecule has 0 aliphatic heterocycles. The van der Waals surface area contributed by atoms with Crippen LogP contribution in [0.3, 0.4) is 0 Å². The quantitative estimate of drug-likeness (QED) is 0.926. The number of ether oxygens (including phenoxy) is 1. The highest BCUT2D eigenvalue weighted by Crippen LogP contribution is 2.40. The molecule has 3 rings (SSSR count). The molecule has 1 aliphatic rings. The Morgan fingerprint density at radius 1 is 1.25 bits per heavy atom. The Balaban J connectivity index is 2.04. The predicted octanol–water partition coefficient (Wildman–Crippen LogP) is 3.14. The molecular formula is C16H19N3O. The van der Waals surface area contributed by atoms with Gasteiger partial charge >= 0.3 is 0 Å². The topological polar surface area (TPSA) is 61.0 Å². The lowest BCUT2D eigenvalue weighted by Gasteiger charge is -2.27. The van der Waals surface area contributed by atoms with Crippen LogP contribution < -0.4 is 5.73 Å². The molecule has 0 saturated heterocycles. The van der Waals surface area contributed by atoms with E-state index in [1.54, 1.807) is 7.11 Å². The molecule has 1 heterocycles. The normalized spacial score (nSPS) is 15.1. The zero-order valence-electron chi connectivity index (χ0n) is 11.7. The molecule has 104 valence electrons. The first-order valence-electron chi connectivity index (χ1n) is 6.99. The smallest absolute Gasteiger partial charge is 0.157 e. The van der Waals surface area contributed by atoms with Gasteiger partial charge in [-0.05, 0) is 24.3 Å². The third kappa shape index (κ3) is 2.51. The Kier molecular flexibility index (Phi) is 3.65. The van der Waals surface area contributed by atoms with E-state index >= 15 is 0 Å². The Labute approximate surface area is 119 Å². The first kappa shape index (κ1) is 13.1. The molecule has 1 aromatic heterocycles. The lowest BCUT2D eigenvalue weighted by Crippen LogP contribution is -2.10. The van der Waals surface area contributed by atoms with Crippen LogP contribution in [0.1, 0.15) is 36.6 Å². The van der Waals surface area contributed by atoms with Crippen LogP contribution in [0.2, 0.25) is 0 Å². The third-order valence-corrected chi connectivity index (χ3v) is 3.85. The summed E-state index contributed by atoms with van der Waals surface area (Å²) in [7, 11) is 1.63. The number of hydrogen-bond donors (Lipinski definition) is 1. The van der Waals surface area contributed by atoms with Crippen LogP contribution in [0.4, 0.5) is 5.82 Å². The van der Waals surface area contributed by atoms with E-state index in [-0.39, 0.29) is 0 Å². The number of hydrogen-bond acceptors (Lipinski definition) is 4. The summed E-state index contributed by atoms with van der Waals surface area (Å²) in [6, 6.07) is 10.3. The second kappa shape index (κ2) is 5.59. The number of anilines is 1. The minimum Gasteiger partial charge on any atom is -0.384 e. The van der Waals surface area contributed by atoms with Crippen LogP contribution in [0, 0.1) is 0 Å². The standard InChI is InChI=1S/C16H19N3O/c1-20-10-16-18-14(9-15(17)19-16)13-8-3-2-7-12(13)11-5-4-6-11/h2-3,7-9,11H,4-6,10H2,1H3,(H2,17,18,19). The van der Waals surface area contributed by atoms with Crippen LogP contribution >= 0.6 is 0 Å². The summed E-state index contributed by atoms with van der Waals surface area (Å²) in [5.74, 6) is 1.78. The Morgan fingerprint density at radius 2 is 2.05 bits per heavy atom. The van der Waals surface area contributed by atoms with Crippen molar-refractivity contribution >= 4 is 5.82 Å². The minimum atomic E-state index is 0.379. The third-order valence-electron chi connectivity index (χ3n) is 3.85. The zero-order chi connectivity index (χ0) is 13.9. The molecule has 0 bridgehead atoms. The number of methoxy groups -OCH3 is 1. The lowest BCUT2D eigenvalue weighted by molar-refractivity contribution is 0.178. The fourth-order valence-electron chi connectivity index (χ4n) is 2.65. The molecule has 0 atom stereocenters. The van der Waals surface area contributed by atoms with Crippen molar-refractivity contribution in [1.82, 2.24) is 9.97 Å². The number of nitrogens with two attached hydrogens (primary N) is 1. The van der Waals surface area contributed by atoms with Gasteiger partial charge in [0.05, 0.1) is 5.69 Å². The summed E-state index contributed by atoms with van der Waals surface area (Å²) in [6.07, 6.45) is 3.85. The van der Waals surface area contributed by atoms with Gasteiger partial charge in [0.2, 0.25) is 0 Å². The molecule has 4 nitrogen and oxygen atoms in total. The number of nitrogens with zero attached hydrogens (tertiary/aromatic N) is 2. The average molecular weight is 269 g/mol. The maximum Gasteiger partial charge on any atom is 0.157 e. The molecule has 0 unspecified atom stereocenters. The van der Waals surface area contributed by atoms with Crippen molar-refractivity contribution in [2.24, 2.45) is 0 Å². The maximum atomic E-state index is 5.89. The minimum absolute atomic E-state index is 0.379. The summed E-state index contributed by atoms with van der Waals surface area (Å²) >= 11 is 0. The monoisotopic (exact) mass is 269 g/mol. The van der Waals surface area contributed by atoms with Crippen molar-refractivity contribution in [3.8, 4) is 11.3 Å². The van der Waals surface area contributed by atoms with E-state index in [0.29, 0.717) is 24.2 Å². The Morgan fingerprint density at radius 3 is 2.75 bits per heavy atom. The number of nitrogen functional groups attached to an aromatic ring is 1. The number of benzene rings is 1. The summed E-state index contributed by atoms with van der Waals surface area (Å²) in [5.41, 5.74) is 9.33. The fourth-order valence-corrected chi connectivity index (χ4v) is 2.65. The van der Waals surface area contributed by atoms with Crippen molar-refractivity contribution in [3.05, 3.63) is 41.7 Å². The van der Waals surface area contributed by atoms with Crippen LogP contribution in [-0.4, -0.2) is 17.1 Å². The Bertz CT molecular complexity index is 608. The number of rotatable bonds is 4. The van der Waals surface area contributed by atoms with Crippen LogP contribution in [-0.2, 0) is 11.3 Å². The number of aromatic nitrogens is 2. The second-order valence-electron chi connectivity index (χ2n) is 5.24. The van der Waals surface area contributed by atoms with Crippen molar-refractivity contribution in [1.29, 1.82) is 0 Å². The lowest BCUT2D eigenvalue weighted by atomic mass is 9.78. The van der Waals surface area contributed by atoms with Gasteiger partial charge in [-0.15, -0.1) is 0 Å². The highest BCUT2D eigenvalue weighted by molar-refractivity contribution is 5.66. The van der Waals surface area contributed by atoms with Gasteiger partial charge in [-0.3, -0.25) is 0 Å². The maximum absolute atomic E-state index is 5.89. The Hall–Kier alpha value is -1.94. The second-order valence-corrected chi connectivity index (χ2v) is 5.24. The van der Waals surface area contributed by atoms with Gasteiger partial charge < -0.3 is 10.5 Å². The van der Waals surface area contributed by atoms with Gasteiger partial charge in [0.25, 0.3) is 0 Å². The van der Waals surface area contributed by atoms with E-state index in [2.05, 4.69) is 28.2 Å². The average Bonchev–Trinajstić information content (AvgIpc) is 2.37. The molecule has 0 amide bonds. The van der Waals surface area contributed by atoms with Gasteiger partial charge in [-0.1, -0.05) is 30.7 Å². The first-order chi connectivity index (χ1) is 9.78. The van der Waals surface area contributed by atoms with E-state index in [4.69, 9.17) is 10.5 Å². The van der Waals surface area contributed by atoms with Gasteiger partial charge in [0, 0.05) is 18.7 Å². The molecule has 0 spiro atoms. The molecule has 20 heavy (non-hydrogen) atoms. The fraction of sp³-hybridized carbons (Fsp3) is 0.375. The van der Waals surface area contributed by atoms with Crippen molar-refractivity contribution in [2.45, 2.75) is 31.8 Å². The largest absolute Gasteiger partial charge is 0.384 e. The van der Waals surface area contributed by atoms with E-state index in [1.165, 1.54) is 30.4 Å². The summed E-state index contributed by atoms with van der Waals surface area (Å²) in [5, 5.41) is 0. The summed E-state index contributed by atoms with van der Waals surface area (Å²) < 4.78 is 5.10. The van der Waals surface area contributed by atoms with Crippen LogP contribution in [0.15, 0.2) is 30.3 Å². The van der Waals surface area contributed by atoms with Gasteiger partial charge in [-0.2, -0.15) is 0 Å². The molecule has 2 N–H and O–H groups in total. The molecule has 2 aromatic rings. The SMILES string of the molecule is COCc1nc(N)cc(-c2ccccc2C2CCC2)n1. The molecule has 1 aliphatic carbocycles. The van der Waals surface area contributed by atoms with Crippen molar-refractivity contribution in [3.63, 3.8) is 0 Å².